The number of fused-ring (bicyclic) bond motifs is 4. The Balaban J connectivity index is 0.731. The average molecular weight is 997 g/mol. The zero-order valence-electron chi connectivity index (χ0n) is 43.8. The van der Waals surface area contributed by atoms with E-state index < -0.39 is 0 Å². The first-order valence-corrected chi connectivity index (χ1v) is 27.7. The van der Waals surface area contributed by atoms with Crippen molar-refractivity contribution in [1.29, 1.82) is 0 Å². The van der Waals surface area contributed by atoms with Gasteiger partial charge in [-0.05, 0) is 113 Å². The van der Waals surface area contributed by atoms with Gasteiger partial charge in [0, 0.05) is 67.8 Å². The monoisotopic (exact) mass is 997 g/mol. The number of allylic oxidation sites excluding steroid dienone is 18. The van der Waals surface area contributed by atoms with Crippen molar-refractivity contribution in [2.45, 2.75) is 77.6 Å². The van der Waals surface area contributed by atoms with Crippen molar-refractivity contribution in [2.24, 2.45) is 9.98 Å². The second kappa shape index (κ2) is 24.3. The molecule has 7 nitrogen and oxygen atoms in total. The first kappa shape index (κ1) is 49.8. The summed E-state index contributed by atoms with van der Waals surface area (Å²) >= 11 is 0. The number of hydrogen-bond donors (Lipinski definition) is 2. The molecule has 0 unspecified atom stereocenters. The molecule has 11 rings (SSSR count). The van der Waals surface area contributed by atoms with Crippen molar-refractivity contribution in [2.75, 3.05) is 19.7 Å². The number of hydrogen-bond acceptors (Lipinski definition) is 5. The molecular weight excluding hydrogens is 929 g/mol. The van der Waals surface area contributed by atoms with E-state index >= 15 is 0 Å². The lowest BCUT2D eigenvalue weighted by Crippen LogP contribution is -2.71. The van der Waals surface area contributed by atoms with E-state index in [4.69, 9.17) is 14.7 Å². The van der Waals surface area contributed by atoms with E-state index in [2.05, 4.69) is 240 Å². The summed E-state index contributed by atoms with van der Waals surface area (Å²) in [6.45, 7) is 5.08. The maximum Gasteiger partial charge on any atom is 0.218 e. The summed E-state index contributed by atoms with van der Waals surface area (Å²) in [7, 11) is 0. The van der Waals surface area contributed by atoms with Crippen LogP contribution in [0.15, 0.2) is 257 Å². The fourth-order valence-corrected chi connectivity index (χ4v) is 10.8. The summed E-state index contributed by atoms with van der Waals surface area (Å²) in [6, 6.07) is 40.3. The maximum absolute atomic E-state index is 6.35. The molecule has 0 aliphatic carbocycles. The van der Waals surface area contributed by atoms with E-state index in [-0.39, 0.29) is 0 Å². The molecule has 0 radical (unpaired) electrons. The van der Waals surface area contributed by atoms with Gasteiger partial charge >= 0.3 is 0 Å². The predicted molar refractivity (Wildman–Crippen MR) is 316 cm³/mol. The minimum absolute atomic E-state index is 0.713. The Kier molecular flexibility index (Phi) is 15.9. The van der Waals surface area contributed by atoms with Gasteiger partial charge in [-0.25, -0.2) is 20.0 Å². The van der Waals surface area contributed by atoms with Gasteiger partial charge in [0.2, 0.25) is 22.8 Å². The van der Waals surface area contributed by atoms with Gasteiger partial charge in [-0.2, -0.15) is 0 Å². The third-order valence-electron chi connectivity index (χ3n) is 14.8. The lowest BCUT2D eigenvalue weighted by atomic mass is 9.98. The third-order valence-corrected chi connectivity index (χ3v) is 14.8. The summed E-state index contributed by atoms with van der Waals surface area (Å²) < 4.78 is 6.35. The molecule has 7 aliphatic heterocycles. The second-order valence-electron chi connectivity index (χ2n) is 20.2. The predicted octanol–water partition coefficient (Wildman–Crippen LogP) is 12.5. The largest absolute Gasteiger partial charge is 0.494 e. The molecule has 0 aromatic heterocycles. The van der Waals surface area contributed by atoms with E-state index in [0.29, 0.717) is 6.61 Å². The zero-order chi connectivity index (χ0) is 51.3. The molecule has 4 aromatic rings. The molecule has 0 fully saturated rings. The van der Waals surface area contributed by atoms with Gasteiger partial charge in [-0.1, -0.05) is 161 Å². The van der Waals surface area contributed by atoms with Crippen LogP contribution in [-0.4, -0.2) is 52.3 Å². The van der Waals surface area contributed by atoms with Crippen molar-refractivity contribution < 1.29 is 14.7 Å². The topological polar surface area (TPSA) is 68.4 Å². The molecule has 7 aliphatic rings. The Labute approximate surface area is 449 Å². The molecule has 76 heavy (non-hydrogen) atoms. The molecule has 7 heterocycles. The Bertz CT molecular complexity index is 3290. The maximum atomic E-state index is 6.35. The Morgan fingerprint density at radius 3 is 1.37 bits per heavy atom. The normalized spacial score (nSPS) is 17.3. The van der Waals surface area contributed by atoms with Gasteiger partial charge in [-0.15, -0.1) is 0 Å². The van der Waals surface area contributed by atoms with Gasteiger partial charge < -0.3 is 14.5 Å². The molecule has 378 valence electrons. The highest BCUT2D eigenvalue weighted by Gasteiger charge is 2.33. The summed E-state index contributed by atoms with van der Waals surface area (Å²) in [5.41, 5.74) is 18.5. The van der Waals surface area contributed by atoms with Crippen molar-refractivity contribution in [1.82, 2.24) is 9.80 Å². The molecule has 0 spiro atoms. The molecule has 4 aromatic carbocycles. The van der Waals surface area contributed by atoms with Crippen molar-refractivity contribution in [3.63, 3.8) is 0 Å². The summed E-state index contributed by atoms with van der Waals surface area (Å²) in [5.74, 6) is 0.878. The molecule has 0 saturated carbocycles. The highest BCUT2D eigenvalue weighted by atomic mass is 16.5. The van der Waals surface area contributed by atoms with Crippen LogP contribution < -0.4 is 14.7 Å². The van der Waals surface area contributed by atoms with Crippen LogP contribution in [0.2, 0.25) is 0 Å². The van der Waals surface area contributed by atoms with Gasteiger partial charge in [-0.3, -0.25) is 0 Å². The molecule has 0 amide bonds. The molecule has 2 N–H and O–H groups in total. The first-order chi connectivity index (χ1) is 37.6. The van der Waals surface area contributed by atoms with E-state index in [1.54, 1.807) is 0 Å². The number of unbranched alkanes of at least 4 members (excludes halogenated alkanes) is 9. The molecule has 0 atom stereocenters. The van der Waals surface area contributed by atoms with Gasteiger partial charge in [0.15, 0.2) is 0 Å². The third kappa shape index (κ3) is 11.7. The number of nitrogens with one attached hydrogen (secondary N) is 2. The average Bonchev–Trinajstić information content (AvgIpc) is 4.35. The van der Waals surface area contributed by atoms with E-state index in [9.17, 15) is 0 Å². The number of rotatable bonds is 20. The van der Waals surface area contributed by atoms with Crippen molar-refractivity contribution >= 4 is 45.1 Å². The highest BCUT2D eigenvalue weighted by molar-refractivity contribution is 6.37. The van der Waals surface area contributed by atoms with Crippen LogP contribution >= 0.6 is 0 Å². The van der Waals surface area contributed by atoms with Crippen LogP contribution in [0.1, 0.15) is 99.8 Å². The van der Waals surface area contributed by atoms with Crippen molar-refractivity contribution in [3.05, 3.63) is 269 Å². The van der Waals surface area contributed by atoms with Crippen LogP contribution in [0.25, 0.3) is 22.3 Å². The Hall–Kier alpha value is -8.42. The number of aliphatic imine (C=N–C) groups is 2. The van der Waals surface area contributed by atoms with Crippen LogP contribution in [0.4, 0.5) is 0 Å². The minimum Gasteiger partial charge on any atom is -0.494 e. The Morgan fingerprint density at radius 1 is 0.382 bits per heavy atom. The van der Waals surface area contributed by atoms with Gasteiger partial charge in [0.05, 0.1) is 40.6 Å². The van der Waals surface area contributed by atoms with E-state index in [1.807, 2.05) is 0 Å². The fraction of sp³-hybridized carbons (Fsp3) is 0.217. The minimum atomic E-state index is 0.713. The number of ether oxygens (including phenoxy) is 1. The standard InChI is InChI=1S/C69H66N6O/c1-2-44-74-46-40-51(41-47-74)52-42-48-75(49-43-52)45-20-9-7-5-3-4-6-8-10-21-50-76-57-30-28-56(29-31-57)69-64-38-36-62(72-64)67(54-24-16-12-17-25-54)60-34-32-58(70-60)66(53-22-14-11-15-23-53)59-33-35-61(71-59)68(55-26-18-13-19-27-55)63-37-39-65(69)73-63/h11-19,22-43,46-49H,2-10,20-21,44-45,50H2,1H3/p+2. The van der Waals surface area contributed by atoms with Crippen LogP contribution in [0, 0.1) is 0 Å². The first-order valence-electron chi connectivity index (χ1n) is 27.7. The summed E-state index contributed by atoms with van der Waals surface area (Å²) in [6.07, 6.45) is 48.9. The van der Waals surface area contributed by atoms with Crippen LogP contribution in [0.3, 0.4) is 0 Å². The van der Waals surface area contributed by atoms with Crippen LogP contribution in [0.5, 0.6) is 5.75 Å². The summed E-state index contributed by atoms with van der Waals surface area (Å²) in [5, 5.41) is 0. The van der Waals surface area contributed by atoms with Crippen molar-refractivity contribution in [3.8, 4) is 5.75 Å². The lowest BCUT2D eigenvalue weighted by Gasteiger charge is -2.21. The zero-order valence-corrected chi connectivity index (χ0v) is 43.8. The number of nitrogens with zero attached hydrogens (tertiary/aromatic N) is 4. The van der Waals surface area contributed by atoms with E-state index in [1.165, 1.54) is 68.9 Å². The fourth-order valence-electron chi connectivity index (χ4n) is 10.8. The SMILES string of the molecule is CCCN1C=CC(=C2C=CN(CCCCCCCCCCCCOc3ccc(C4=C5C=CC(=N5)C(c5ccccc5)=C5C=CC(=[NH+]5)C(c5ccccc5)=C5C=CC(=[NH+]5)C(c5ccccc5)=C5C=CC4=N5)cc3)C=C2)C=C1. The summed E-state index contributed by atoms with van der Waals surface area (Å²) in [4.78, 5) is 23.2. The van der Waals surface area contributed by atoms with Gasteiger partial charge in [0.25, 0.3) is 0 Å². The lowest BCUT2D eigenvalue weighted by molar-refractivity contribution is -0.388. The number of benzene rings is 4. The molecule has 0 saturated heterocycles. The quantitative estimate of drug-likeness (QED) is 0.0867. The molecular formula is C69H68N6O+2. The van der Waals surface area contributed by atoms with Gasteiger partial charge in [0.1, 0.15) is 11.3 Å². The smallest absolute Gasteiger partial charge is 0.218 e. The molecule has 7 heteroatoms. The van der Waals surface area contributed by atoms with E-state index in [0.717, 1.165) is 122 Å². The van der Waals surface area contributed by atoms with Crippen LogP contribution in [-0.2, 0) is 0 Å². The molecule has 8 bridgehead atoms. The Morgan fingerprint density at radius 2 is 0.816 bits per heavy atom. The highest BCUT2D eigenvalue weighted by Crippen LogP contribution is 2.36. The second-order valence-corrected chi connectivity index (χ2v) is 20.2.